The van der Waals surface area contributed by atoms with Crippen LogP contribution in [-0.4, -0.2) is 30.5 Å². The molecule has 7 nitrogen and oxygen atoms in total. The fourth-order valence-electron chi connectivity index (χ4n) is 2.11. The van der Waals surface area contributed by atoms with E-state index in [9.17, 15) is 4.79 Å². The molecule has 0 bridgehead atoms. The molecule has 7 heteroatoms. The second kappa shape index (κ2) is 4.76. The molecule has 0 radical (unpaired) electrons. The summed E-state index contributed by atoms with van der Waals surface area (Å²) in [5, 5.41) is 8.98. The quantitative estimate of drug-likeness (QED) is 0.756. The first-order valence-electron chi connectivity index (χ1n) is 6.33. The molecule has 1 amide bonds. The van der Waals surface area contributed by atoms with E-state index >= 15 is 0 Å². The van der Waals surface area contributed by atoms with Gasteiger partial charge in [-0.05, 0) is 31.0 Å². The summed E-state index contributed by atoms with van der Waals surface area (Å²) < 4.78 is 1.79. The number of fused-ring (bicyclic) bond motifs is 1. The molecular weight excluding hydrogens is 256 g/mol. The van der Waals surface area contributed by atoms with E-state index in [1.807, 2.05) is 32.2 Å². The van der Waals surface area contributed by atoms with E-state index in [1.54, 1.807) is 4.40 Å². The minimum Gasteiger partial charge on any atom is -0.295 e. The van der Waals surface area contributed by atoms with Crippen molar-refractivity contribution >= 4 is 17.5 Å². The highest BCUT2D eigenvalue weighted by atomic mass is 16.2. The summed E-state index contributed by atoms with van der Waals surface area (Å²) in [5.74, 6) is 0.0640. The van der Waals surface area contributed by atoms with Crippen molar-refractivity contribution < 1.29 is 4.79 Å². The number of H-pyrrole nitrogens is 1. The van der Waals surface area contributed by atoms with Crippen LogP contribution in [0.4, 0.5) is 5.95 Å². The molecule has 0 aliphatic carbocycles. The van der Waals surface area contributed by atoms with Gasteiger partial charge in [-0.15, -0.1) is 0 Å². The summed E-state index contributed by atoms with van der Waals surface area (Å²) in [5.41, 5.74) is 3.16. The molecule has 0 aliphatic rings. The van der Waals surface area contributed by atoms with Crippen molar-refractivity contribution in [3.05, 3.63) is 41.6 Å². The molecule has 3 heterocycles. The van der Waals surface area contributed by atoms with E-state index in [0.717, 1.165) is 16.9 Å². The number of rotatable bonds is 3. The largest absolute Gasteiger partial charge is 0.295 e. The van der Waals surface area contributed by atoms with E-state index in [0.29, 0.717) is 18.1 Å². The van der Waals surface area contributed by atoms with Gasteiger partial charge in [-0.25, -0.2) is 10.1 Å². The van der Waals surface area contributed by atoms with Crippen LogP contribution in [0.2, 0.25) is 0 Å². The Morgan fingerprint density at radius 1 is 1.50 bits per heavy atom. The van der Waals surface area contributed by atoms with Crippen molar-refractivity contribution in [2.24, 2.45) is 0 Å². The van der Waals surface area contributed by atoms with Crippen LogP contribution in [0.25, 0.3) is 5.65 Å². The van der Waals surface area contributed by atoms with E-state index in [-0.39, 0.29) is 5.91 Å². The van der Waals surface area contributed by atoms with Gasteiger partial charge >= 0.3 is 0 Å². The highest BCUT2D eigenvalue weighted by molar-refractivity contribution is 6.03. The smallest absolute Gasteiger partial charge is 0.276 e. The molecule has 0 saturated heterocycles. The Kier molecular flexibility index (Phi) is 2.94. The number of aromatic amines is 1. The maximum Gasteiger partial charge on any atom is 0.276 e. The number of hydrogen-bond acceptors (Lipinski definition) is 4. The molecule has 0 unspecified atom stereocenters. The Bertz CT molecular complexity index is 759. The first-order chi connectivity index (χ1) is 9.69. The van der Waals surface area contributed by atoms with E-state index in [4.69, 9.17) is 0 Å². The highest BCUT2D eigenvalue weighted by Crippen LogP contribution is 2.16. The Hall–Kier alpha value is -2.70. The SMILES string of the molecule is CCc1nc2cc(C)ccn2c1C(=O)Nc1ncn[nH]1. The second-order valence-corrected chi connectivity index (χ2v) is 4.48. The number of carbonyl (C=O) groups is 1. The van der Waals surface area contributed by atoms with Gasteiger partial charge in [-0.3, -0.25) is 14.5 Å². The number of hydrogen-bond donors (Lipinski definition) is 2. The monoisotopic (exact) mass is 270 g/mol. The molecule has 0 saturated carbocycles. The lowest BCUT2D eigenvalue weighted by Gasteiger charge is -2.04. The zero-order valence-electron chi connectivity index (χ0n) is 11.2. The molecule has 3 aromatic rings. The standard InChI is InChI=1S/C13H14N6O/c1-3-9-11(12(20)17-13-14-7-15-18-13)19-5-4-8(2)6-10(19)16-9/h4-7H,3H2,1-2H3,(H2,14,15,17,18,20). The first kappa shape index (κ1) is 12.3. The maximum atomic E-state index is 12.4. The number of nitrogens with zero attached hydrogens (tertiary/aromatic N) is 4. The number of carbonyl (C=O) groups excluding carboxylic acids is 1. The molecule has 20 heavy (non-hydrogen) atoms. The second-order valence-electron chi connectivity index (χ2n) is 4.48. The van der Waals surface area contributed by atoms with Crippen LogP contribution in [0.3, 0.4) is 0 Å². The lowest BCUT2D eigenvalue weighted by atomic mass is 10.2. The van der Waals surface area contributed by atoms with Crippen LogP contribution in [0.5, 0.6) is 0 Å². The summed E-state index contributed by atoms with van der Waals surface area (Å²) in [6.45, 7) is 3.97. The number of imidazole rings is 1. The summed E-state index contributed by atoms with van der Waals surface area (Å²) in [7, 11) is 0. The average molecular weight is 270 g/mol. The number of amides is 1. The van der Waals surface area contributed by atoms with Gasteiger partial charge in [-0.2, -0.15) is 10.1 Å². The van der Waals surface area contributed by atoms with Crippen molar-refractivity contribution in [1.82, 2.24) is 24.6 Å². The number of aromatic nitrogens is 5. The van der Waals surface area contributed by atoms with Crippen molar-refractivity contribution in [3.63, 3.8) is 0 Å². The van der Waals surface area contributed by atoms with Gasteiger partial charge in [0.25, 0.3) is 5.91 Å². The van der Waals surface area contributed by atoms with Gasteiger partial charge in [0, 0.05) is 6.20 Å². The van der Waals surface area contributed by atoms with Crippen molar-refractivity contribution in [3.8, 4) is 0 Å². The lowest BCUT2D eigenvalue weighted by Crippen LogP contribution is -2.17. The third-order valence-corrected chi connectivity index (χ3v) is 3.05. The number of nitrogens with one attached hydrogen (secondary N) is 2. The van der Waals surface area contributed by atoms with E-state index in [1.165, 1.54) is 6.33 Å². The first-order valence-corrected chi connectivity index (χ1v) is 6.33. The minimum atomic E-state index is -0.255. The highest BCUT2D eigenvalue weighted by Gasteiger charge is 2.19. The van der Waals surface area contributed by atoms with Crippen LogP contribution >= 0.6 is 0 Å². The van der Waals surface area contributed by atoms with Gasteiger partial charge in [0.2, 0.25) is 5.95 Å². The lowest BCUT2D eigenvalue weighted by molar-refractivity contribution is 0.101. The topological polar surface area (TPSA) is 88.0 Å². The number of pyridine rings is 1. The molecule has 0 fully saturated rings. The molecule has 0 aliphatic heterocycles. The van der Waals surface area contributed by atoms with Crippen molar-refractivity contribution in [1.29, 1.82) is 0 Å². The third-order valence-electron chi connectivity index (χ3n) is 3.05. The molecule has 0 atom stereocenters. The third kappa shape index (κ3) is 2.03. The normalized spacial score (nSPS) is 10.9. The Labute approximate surface area is 115 Å². The fraction of sp³-hybridized carbons (Fsp3) is 0.231. The van der Waals surface area contributed by atoms with Gasteiger partial charge in [0.15, 0.2) is 0 Å². The Morgan fingerprint density at radius 3 is 3.05 bits per heavy atom. The predicted molar refractivity (Wildman–Crippen MR) is 73.6 cm³/mol. The van der Waals surface area contributed by atoms with Crippen LogP contribution in [-0.2, 0) is 6.42 Å². The molecule has 102 valence electrons. The Morgan fingerprint density at radius 2 is 2.35 bits per heavy atom. The van der Waals surface area contributed by atoms with Crippen LogP contribution in [0.1, 0.15) is 28.7 Å². The average Bonchev–Trinajstić information content (AvgIpc) is 3.04. The van der Waals surface area contributed by atoms with Gasteiger partial charge in [0.1, 0.15) is 17.7 Å². The molecule has 2 N–H and O–H groups in total. The van der Waals surface area contributed by atoms with Crippen LogP contribution in [0, 0.1) is 6.92 Å². The zero-order valence-corrected chi connectivity index (χ0v) is 11.2. The fourth-order valence-corrected chi connectivity index (χ4v) is 2.11. The molecular formula is C13H14N6O. The summed E-state index contributed by atoms with van der Waals surface area (Å²) in [6, 6.07) is 3.89. The summed E-state index contributed by atoms with van der Waals surface area (Å²) in [4.78, 5) is 20.8. The molecule has 3 aromatic heterocycles. The maximum absolute atomic E-state index is 12.4. The van der Waals surface area contributed by atoms with E-state index < -0.39 is 0 Å². The van der Waals surface area contributed by atoms with Gasteiger partial charge in [-0.1, -0.05) is 6.92 Å². The zero-order chi connectivity index (χ0) is 14.1. The van der Waals surface area contributed by atoms with Crippen LogP contribution < -0.4 is 5.32 Å². The van der Waals surface area contributed by atoms with Crippen molar-refractivity contribution in [2.75, 3.05) is 5.32 Å². The molecule has 3 rings (SSSR count). The minimum absolute atomic E-state index is 0.255. The summed E-state index contributed by atoms with van der Waals surface area (Å²) >= 11 is 0. The molecule has 0 spiro atoms. The van der Waals surface area contributed by atoms with Crippen LogP contribution in [0.15, 0.2) is 24.7 Å². The van der Waals surface area contributed by atoms with Gasteiger partial charge in [0.05, 0.1) is 5.69 Å². The van der Waals surface area contributed by atoms with Crippen molar-refractivity contribution in [2.45, 2.75) is 20.3 Å². The summed E-state index contributed by atoms with van der Waals surface area (Å²) in [6.07, 6.45) is 3.88. The predicted octanol–water partition coefficient (Wildman–Crippen LogP) is 1.58. The number of aryl methyl sites for hydroxylation is 2. The number of anilines is 1. The Balaban J connectivity index is 2.07. The van der Waals surface area contributed by atoms with Gasteiger partial charge < -0.3 is 0 Å². The molecule has 0 aromatic carbocycles. The van der Waals surface area contributed by atoms with E-state index in [2.05, 4.69) is 25.5 Å².